The van der Waals surface area contributed by atoms with Crippen LogP contribution in [-0.4, -0.2) is 59.3 Å². The van der Waals surface area contributed by atoms with Gasteiger partial charge >= 0.3 is 0 Å². The summed E-state index contributed by atoms with van der Waals surface area (Å²) in [5, 5.41) is 0.752. The van der Waals surface area contributed by atoms with Gasteiger partial charge < -0.3 is 5.73 Å². The van der Waals surface area contributed by atoms with Gasteiger partial charge in [-0.05, 0) is 20.8 Å². The van der Waals surface area contributed by atoms with Crippen LogP contribution in [0.2, 0.25) is 0 Å². The Bertz CT molecular complexity index is 631. The first-order chi connectivity index (χ1) is 9.65. The number of rotatable bonds is 4. The second kappa shape index (κ2) is 5.88. The third-order valence-electron chi connectivity index (χ3n) is 3.83. The van der Waals surface area contributed by atoms with Crippen molar-refractivity contribution in [3.63, 3.8) is 0 Å². The summed E-state index contributed by atoms with van der Waals surface area (Å²) in [6, 6.07) is 0. The minimum Gasteiger partial charge on any atom is -0.392 e. The number of thiocarbonyl (C=S) groups is 1. The Morgan fingerprint density at radius 1 is 1.38 bits per heavy atom. The monoisotopic (exact) mass is 348 g/mol. The minimum atomic E-state index is -3.43. The van der Waals surface area contributed by atoms with Crippen molar-refractivity contribution in [2.75, 3.05) is 26.2 Å². The van der Waals surface area contributed by atoms with E-state index in [1.807, 2.05) is 13.8 Å². The summed E-state index contributed by atoms with van der Waals surface area (Å²) in [5.41, 5.74) is 5.37. The highest BCUT2D eigenvalue weighted by molar-refractivity contribution is 7.91. The van der Waals surface area contributed by atoms with Gasteiger partial charge in [-0.2, -0.15) is 4.31 Å². The van der Waals surface area contributed by atoms with Gasteiger partial charge in [0.2, 0.25) is 0 Å². The molecule has 6 nitrogen and oxygen atoms in total. The van der Waals surface area contributed by atoms with E-state index < -0.39 is 15.6 Å². The second-order valence-electron chi connectivity index (χ2n) is 5.51. The van der Waals surface area contributed by atoms with Crippen molar-refractivity contribution < 1.29 is 8.42 Å². The number of hydrogen-bond acceptors (Lipinski definition) is 6. The largest absolute Gasteiger partial charge is 0.392 e. The third-order valence-corrected chi connectivity index (χ3v) is 7.57. The van der Waals surface area contributed by atoms with Gasteiger partial charge in [-0.25, -0.2) is 13.4 Å². The number of aromatic nitrogens is 1. The number of aryl methyl sites for hydroxylation is 1. The molecule has 0 unspecified atom stereocenters. The molecule has 0 aromatic carbocycles. The molecule has 118 valence electrons. The SMILES string of the molecule is Cc1ncc(S(=O)(=O)N2CCN(C(C)(C)C(N)=S)CC2)s1. The Morgan fingerprint density at radius 3 is 2.38 bits per heavy atom. The van der Waals surface area contributed by atoms with Crippen LogP contribution in [0.15, 0.2) is 10.4 Å². The van der Waals surface area contributed by atoms with Crippen LogP contribution in [-0.2, 0) is 10.0 Å². The zero-order chi connectivity index (χ0) is 15.8. The van der Waals surface area contributed by atoms with Gasteiger partial charge in [0.15, 0.2) is 4.21 Å². The first kappa shape index (κ1) is 16.8. The molecule has 21 heavy (non-hydrogen) atoms. The maximum absolute atomic E-state index is 12.5. The van der Waals surface area contributed by atoms with Crippen LogP contribution >= 0.6 is 23.6 Å². The van der Waals surface area contributed by atoms with Gasteiger partial charge in [-0.3, -0.25) is 4.90 Å². The van der Waals surface area contributed by atoms with E-state index in [9.17, 15) is 8.42 Å². The van der Waals surface area contributed by atoms with Crippen LogP contribution in [0, 0.1) is 6.92 Å². The standard InChI is InChI=1S/C12H20N4O2S3/c1-9-14-8-10(20-9)21(17,18)16-6-4-15(5-7-16)12(2,3)11(13)19/h8H,4-7H2,1-3H3,(H2,13,19). The van der Waals surface area contributed by atoms with Crippen LogP contribution in [0.4, 0.5) is 0 Å². The van der Waals surface area contributed by atoms with Gasteiger partial charge in [0.25, 0.3) is 10.0 Å². The van der Waals surface area contributed by atoms with Crippen LogP contribution < -0.4 is 5.73 Å². The Hall–Kier alpha value is -0.610. The molecule has 2 heterocycles. The molecule has 1 fully saturated rings. The maximum Gasteiger partial charge on any atom is 0.254 e. The van der Waals surface area contributed by atoms with Gasteiger partial charge in [0, 0.05) is 26.2 Å². The van der Waals surface area contributed by atoms with Gasteiger partial charge in [-0.1, -0.05) is 12.2 Å². The fraction of sp³-hybridized carbons (Fsp3) is 0.667. The molecular formula is C12H20N4O2S3. The molecule has 1 aromatic rings. The molecule has 0 amide bonds. The van der Waals surface area contributed by atoms with Gasteiger partial charge in [0.05, 0.1) is 21.7 Å². The second-order valence-corrected chi connectivity index (χ2v) is 9.35. The maximum atomic E-state index is 12.5. The number of nitrogens with two attached hydrogens (primary N) is 1. The van der Waals surface area contributed by atoms with E-state index in [4.69, 9.17) is 18.0 Å². The van der Waals surface area contributed by atoms with Crippen molar-refractivity contribution in [1.29, 1.82) is 0 Å². The number of thiazole rings is 1. The summed E-state index contributed by atoms with van der Waals surface area (Å²) < 4.78 is 26.8. The van der Waals surface area contributed by atoms with Crippen molar-refractivity contribution in [2.45, 2.75) is 30.5 Å². The number of hydrogen-bond donors (Lipinski definition) is 1. The normalized spacial score (nSPS) is 18.8. The Kier molecular flexibility index (Phi) is 4.69. The smallest absolute Gasteiger partial charge is 0.254 e. The van der Waals surface area contributed by atoms with Gasteiger partial charge in [-0.15, -0.1) is 11.3 Å². The Labute approximate surface area is 135 Å². The fourth-order valence-electron chi connectivity index (χ4n) is 2.23. The molecule has 0 bridgehead atoms. The molecule has 0 saturated carbocycles. The van der Waals surface area contributed by atoms with Crippen molar-refractivity contribution in [3.8, 4) is 0 Å². The Balaban J connectivity index is 2.09. The highest BCUT2D eigenvalue weighted by Crippen LogP contribution is 2.25. The average molecular weight is 349 g/mol. The molecule has 2 rings (SSSR count). The summed E-state index contributed by atoms with van der Waals surface area (Å²) in [5.74, 6) is 0. The van der Waals surface area contributed by atoms with E-state index in [-0.39, 0.29) is 0 Å². The number of sulfonamides is 1. The van der Waals surface area contributed by atoms with E-state index >= 15 is 0 Å². The summed E-state index contributed by atoms with van der Waals surface area (Å²) in [6.07, 6.45) is 1.43. The third kappa shape index (κ3) is 3.26. The predicted octanol–water partition coefficient (Wildman–Crippen LogP) is 0.823. The molecule has 0 aliphatic carbocycles. The molecule has 1 aliphatic heterocycles. The minimum absolute atomic E-state index is 0.307. The summed E-state index contributed by atoms with van der Waals surface area (Å²) >= 11 is 6.30. The molecule has 1 aromatic heterocycles. The lowest BCUT2D eigenvalue weighted by Crippen LogP contribution is -2.59. The van der Waals surface area contributed by atoms with Crippen molar-refractivity contribution in [1.82, 2.24) is 14.2 Å². The first-order valence-electron chi connectivity index (χ1n) is 6.63. The topological polar surface area (TPSA) is 79.5 Å². The molecule has 9 heteroatoms. The lowest BCUT2D eigenvalue weighted by molar-refractivity contribution is 0.123. The lowest BCUT2D eigenvalue weighted by atomic mass is 10.0. The van der Waals surface area contributed by atoms with Crippen LogP contribution in [0.3, 0.4) is 0 Å². The van der Waals surface area contributed by atoms with Crippen LogP contribution in [0.1, 0.15) is 18.9 Å². The zero-order valence-electron chi connectivity index (χ0n) is 12.4. The first-order valence-corrected chi connectivity index (χ1v) is 9.29. The van der Waals surface area contributed by atoms with E-state index in [1.165, 1.54) is 21.8 Å². The van der Waals surface area contributed by atoms with E-state index in [1.54, 1.807) is 6.92 Å². The van der Waals surface area contributed by atoms with E-state index in [2.05, 4.69) is 9.88 Å². The summed E-state index contributed by atoms with van der Waals surface area (Å²) in [7, 11) is -3.43. The highest BCUT2D eigenvalue weighted by Gasteiger charge is 2.36. The molecule has 2 N–H and O–H groups in total. The zero-order valence-corrected chi connectivity index (χ0v) is 14.8. The predicted molar refractivity (Wildman–Crippen MR) is 88.0 cm³/mol. The molecule has 0 atom stereocenters. The molecule has 0 radical (unpaired) electrons. The van der Waals surface area contributed by atoms with E-state index in [0.29, 0.717) is 35.4 Å². The molecule has 1 saturated heterocycles. The fourth-order valence-corrected chi connectivity index (χ4v) is 5.05. The summed E-state index contributed by atoms with van der Waals surface area (Å²) in [6.45, 7) is 7.82. The average Bonchev–Trinajstić information content (AvgIpc) is 2.86. The molecular weight excluding hydrogens is 328 g/mol. The molecule has 1 aliphatic rings. The van der Waals surface area contributed by atoms with E-state index in [0.717, 1.165) is 5.01 Å². The van der Waals surface area contributed by atoms with Gasteiger partial charge in [0.1, 0.15) is 0 Å². The Morgan fingerprint density at radius 2 is 1.95 bits per heavy atom. The molecule has 0 spiro atoms. The lowest BCUT2D eigenvalue weighted by Gasteiger charge is -2.42. The van der Waals surface area contributed by atoms with Crippen molar-refractivity contribution >= 4 is 38.6 Å². The number of piperazine rings is 1. The van der Waals surface area contributed by atoms with Crippen molar-refractivity contribution in [3.05, 3.63) is 11.2 Å². The summed E-state index contributed by atoms with van der Waals surface area (Å²) in [4.78, 5) is 6.58. The highest BCUT2D eigenvalue weighted by atomic mass is 32.2. The quantitative estimate of drug-likeness (QED) is 0.812. The number of nitrogens with zero attached hydrogens (tertiary/aromatic N) is 3. The van der Waals surface area contributed by atoms with Crippen molar-refractivity contribution in [2.24, 2.45) is 5.73 Å². The van der Waals surface area contributed by atoms with Crippen LogP contribution in [0.25, 0.3) is 0 Å². The van der Waals surface area contributed by atoms with Crippen LogP contribution in [0.5, 0.6) is 0 Å².